The molecule has 0 unspecified atom stereocenters. The average Bonchev–Trinajstić information content (AvgIpc) is 2.78. The van der Waals surface area contributed by atoms with Crippen LogP contribution in [0.2, 0.25) is 0 Å². The molecule has 1 aliphatic rings. The van der Waals surface area contributed by atoms with E-state index in [-0.39, 0.29) is 6.42 Å². The second-order valence-corrected chi connectivity index (χ2v) is 6.55. The van der Waals surface area contributed by atoms with Crippen molar-refractivity contribution >= 4 is 17.3 Å². The Bertz CT molecular complexity index is 660. The third kappa shape index (κ3) is 2.61. The molecule has 0 radical (unpaired) electrons. The number of hydrogen-bond donors (Lipinski definition) is 1. The molecule has 0 atom stereocenters. The van der Waals surface area contributed by atoms with Crippen LogP contribution >= 0.6 is 11.3 Å². The van der Waals surface area contributed by atoms with Gasteiger partial charge in [0.15, 0.2) is 0 Å². The van der Waals surface area contributed by atoms with E-state index < -0.39 is 5.97 Å². The van der Waals surface area contributed by atoms with Crippen LogP contribution in [0.3, 0.4) is 0 Å². The summed E-state index contributed by atoms with van der Waals surface area (Å²) in [6.45, 7) is 1.93. The van der Waals surface area contributed by atoms with E-state index >= 15 is 0 Å². The number of aryl methyl sites for hydroxylation is 3. The first kappa shape index (κ1) is 13.3. The highest BCUT2D eigenvalue weighted by Crippen LogP contribution is 2.31. The van der Waals surface area contributed by atoms with Gasteiger partial charge >= 0.3 is 5.97 Å². The van der Waals surface area contributed by atoms with Crippen molar-refractivity contribution in [2.45, 2.75) is 39.0 Å². The van der Waals surface area contributed by atoms with Crippen LogP contribution in [0.5, 0.6) is 0 Å². The molecule has 20 heavy (non-hydrogen) atoms. The van der Waals surface area contributed by atoms with Crippen molar-refractivity contribution in [3.8, 4) is 11.3 Å². The molecule has 1 aromatic heterocycles. The van der Waals surface area contributed by atoms with Gasteiger partial charge in [0.25, 0.3) is 0 Å². The molecule has 0 saturated heterocycles. The smallest absolute Gasteiger partial charge is 0.308 e. The fourth-order valence-electron chi connectivity index (χ4n) is 2.83. The molecule has 1 heterocycles. The van der Waals surface area contributed by atoms with Crippen LogP contribution in [-0.4, -0.2) is 16.1 Å². The van der Waals surface area contributed by atoms with Crippen LogP contribution in [0.1, 0.15) is 33.9 Å². The van der Waals surface area contributed by atoms with Crippen molar-refractivity contribution in [1.29, 1.82) is 0 Å². The van der Waals surface area contributed by atoms with E-state index in [1.807, 2.05) is 6.92 Å². The van der Waals surface area contributed by atoms with Crippen LogP contribution in [0, 0.1) is 6.92 Å². The lowest BCUT2D eigenvalue weighted by atomic mass is 9.90. The zero-order chi connectivity index (χ0) is 14.1. The fourth-order valence-corrected chi connectivity index (χ4v) is 3.78. The number of carboxylic acid groups (broad SMARTS) is 1. The van der Waals surface area contributed by atoms with E-state index in [1.54, 1.807) is 0 Å². The normalized spacial score (nSPS) is 14.1. The van der Waals surface area contributed by atoms with Gasteiger partial charge < -0.3 is 5.11 Å². The number of aliphatic carboxylic acids is 1. The Morgan fingerprint density at radius 3 is 2.80 bits per heavy atom. The summed E-state index contributed by atoms with van der Waals surface area (Å²) >= 11 is 1.48. The highest BCUT2D eigenvalue weighted by Gasteiger charge is 2.16. The van der Waals surface area contributed by atoms with Crippen molar-refractivity contribution in [3.05, 3.63) is 39.2 Å². The average molecular weight is 287 g/mol. The minimum absolute atomic E-state index is 0.0535. The highest BCUT2D eigenvalue weighted by molar-refractivity contribution is 7.12. The zero-order valence-electron chi connectivity index (χ0n) is 11.5. The molecule has 3 nitrogen and oxygen atoms in total. The SMILES string of the molecule is Cc1nc(-c2ccc3c(c2)CCCC3)c(CC(=O)O)s1. The second kappa shape index (κ2) is 5.37. The summed E-state index contributed by atoms with van der Waals surface area (Å²) in [5, 5.41) is 9.94. The van der Waals surface area contributed by atoms with E-state index in [2.05, 4.69) is 23.2 Å². The lowest BCUT2D eigenvalue weighted by Crippen LogP contribution is -2.03. The number of hydrogen-bond acceptors (Lipinski definition) is 3. The third-order valence-electron chi connectivity index (χ3n) is 3.74. The number of carbonyl (C=O) groups is 1. The number of nitrogens with zero attached hydrogens (tertiary/aromatic N) is 1. The lowest BCUT2D eigenvalue weighted by Gasteiger charge is -2.16. The van der Waals surface area contributed by atoms with E-state index in [0.717, 1.165) is 34.0 Å². The first-order valence-corrected chi connectivity index (χ1v) is 7.75. The lowest BCUT2D eigenvalue weighted by molar-refractivity contribution is -0.136. The maximum absolute atomic E-state index is 11.0. The molecule has 2 aromatic rings. The summed E-state index contributed by atoms with van der Waals surface area (Å²) in [5.41, 5.74) is 4.75. The van der Waals surface area contributed by atoms with Gasteiger partial charge in [-0.15, -0.1) is 11.3 Å². The second-order valence-electron chi connectivity index (χ2n) is 5.27. The molecule has 1 N–H and O–H groups in total. The minimum atomic E-state index is -0.798. The molecular formula is C16H17NO2S. The maximum Gasteiger partial charge on any atom is 0.308 e. The molecule has 0 bridgehead atoms. The van der Waals surface area contributed by atoms with Gasteiger partial charge in [-0.2, -0.15) is 0 Å². The van der Waals surface area contributed by atoms with E-state index in [1.165, 1.54) is 35.3 Å². The van der Waals surface area contributed by atoms with Gasteiger partial charge in [-0.05, 0) is 49.8 Å². The molecule has 0 spiro atoms. The summed E-state index contributed by atoms with van der Waals surface area (Å²) < 4.78 is 0. The molecule has 0 aliphatic heterocycles. The van der Waals surface area contributed by atoms with Crippen molar-refractivity contribution in [3.63, 3.8) is 0 Å². The van der Waals surface area contributed by atoms with Crippen molar-refractivity contribution in [2.75, 3.05) is 0 Å². The molecule has 104 valence electrons. The van der Waals surface area contributed by atoms with Crippen LogP contribution in [0.15, 0.2) is 18.2 Å². The Hall–Kier alpha value is -1.68. The number of aromatic nitrogens is 1. The van der Waals surface area contributed by atoms with Crippen LogP contribution in [0.25, 0.3) is 11.3 Å². The van der Waals surface area contributed by atoms with Gasteiger partial charge in [-0.25, -0.2) is 4.98 Å². The van der Waals surface area contributed by atoms with Crippen molar-refractivity contribution < 1.29 is 9.90 Å². The highest BCUT2D eigenvalue weighted by atomic mass is 32.1. The van der Waals surface area contributed by atoms with Gasteiger partial charge in [-0.3, -0.25) is 4.79 Å². The Labute approximate surface area is 122 Å². The Kier molecular flexibility index (Phi) is 3.57. The predicted octanol–water partition coefficient (Wildman–Crippen LogP) is 3.62. The fraction of sp³-hybridized carbons (Fsp3) is 0.375. The first-order valence-electron chi connectivity index (χ1n) is 6.94. The van der Waals surface area contributed by atoms with Crippen molar-refractivity contribution in [1.82, 2.24) is 4.98 Å². The van der Waals surface area contributed by atoms with Crippen LogP contribution < -0.4 is 0 Å². The van der Waals surface area contributed by atoms with E-state index in [0.29, 0.717) is 0 Å². The zero-order valence-corrected chi connectivity index (χ0v) is 12.3. The number of rotatable bonds is 3. The van der Waals surface area contributed by atoms with E-state index in [9.17, 15) is 4.79 Å². The Morgan fingerprint density at radius 1 is 1.30 bits per heavy atom. The molecule has 0 amide bonds. The number of benzene rings is 1. The van der Waals surface area contributed by atoms with Gasteiger partial charge in [0.1, 0.15) is 0 Å². The van der Waals surface area contributed by atoms with Gasteiger partial charge in [-0.1, -0.05) is 12.1 Å². The molecule has 3 rings (SSSR count). The Balaban J connectivity index is 2.02. The monoisotopic (exact) mass is 287 g/mol. The molecule has 0 fully saturated rings. The summed E-state index contributed by atoms with van der Waals surface area (Å²) in [5.74, 6) is -0.798. The van der Waals surface area contributed by atoms with Crippen LogP contribution in [-0.2, 0) is 24.1 Å². The summed E-state index contributed by atoms with van der Waals surface area (Å²) in [7, 11) is 0. The number of thiazole rings is 1. The summed E-state index contributed by atoms with van der Waals surface area (Å²) in [6.07, 6.45) is 4.85. The third-order valence-corrected chi connectivity index (χ3v) is 4.71. The van der Waals surface area contributed by atoms with Gasteiger partial charge in [0.05, 0.1) is 17.1 Å². The molecule has 1 aromatic carbocycles. The first-order chi connectivity index (χ1) is 9.63. The van der Waals surface area contributed by atoms with Crippen LogP contribution in [0.4, 0.5) is 0 Å². The largest absolute Gasteiger partial charge is 0.481 e. The quantitative estimate of drug-likeness (QED) is 0.938. The minimum Gasteiger partial charge on any atom is -0.481 e. The Morgan fingerprint density at radius 2 is 2.05 bits per heavy atom. The predicted molar refractivity (Wildman–Crippen MR) is 80.3 cm³/mol. The summed E-state index contributed by atoms with van der Waals surface area (Å²) in [4.78, 5) is 16.4. The number of fused-ring (bicyclic) bond motifs is 1. The van der Waals surface area contributed by atoms with Gasteiger partial charge in [0.2, 0.25) is 0 Å². The molecule has 1 aliphatic carbocycles. The standard InChI is InChI=1S/C16H17NO2S/c1-10-17-16(14(20-10)9-15(18)19)13-7-6-11-4-2-3-5-12(11)8-13/h6-8H,2-5,9H2,1H3,(H,18,19). The summed E-state index contributed by atoms with van der Waals surface area (Å²) in [6, 6.07) is 6.47. The molecular weight excluding hydrogens is 270 g/mol. The van der Waals surface area contributed by atoms with Gasteiger partial charge in [0, 0.05) is 10.4 Å². The maximum atomic E-state index is 11.0. The van der Waals surface area contributed by atoms with E-state index in [4.69, 9.17) is 5.11 Å². The molecule has 0 saturated carbocycles. The molecule has 4 heteroatoms. The number of carboxylic acids is 1. The van der Waals surface area contributed by atoms with Crippen molar-refractivity contribution in [2.24, 2.45) is 0 Å². The topological polar surface area (TPSA) is 50.2 Å².